The summed E-state index contributed by atoms with van der Waals surface area (Å²) in [5, 5.41) is 11.0. The predicted molar refractivity (Wildman–Crippen MR) is 104 cm³/mol. The van der Waals surface area contributed by atoms with Gasteiger partial charge in [-0.05, 0) is 23.3 Å². The van der Waals surface area contributed by atoms with Crippen LogP contribution in [0.15, 0.2) is 24.5 Å². The van der Waals surface area contributed by atoms with E-state index in [1.54, 1.807) is 10.7 Å². The first-order chi connectivity index (χ1) is 12.6. The summed E-state index contributed by atoms with van der Waals surface area (Å²) in [6.07, 6.45) is 3.80. The van der Waals surface area contributed by atoms with E-state index in [2.05, 4.69) is 15.7 Å². The molecule has 1 amide bonds. The van der Waals surface area contributed by atoms with Crippen molar-refractivity contribution in [1.29, 1.82) is 0 Å². The monoisotopic (exact) mass is 412 g/mol. The molecule has 2 N–H and O–H groups in total. The minimum atomic E-state index is -0.119. The van der Waals surface area contributed by atoms with Crippen molar-refractivity contribution < 1.29 is 14.3 Å². The van der Waals surface area contributed by atoms with Crippen LogP contribution < -0.4 is 20.1 Å². The van der Waals surface area contributed by atoms with Gasteiger partial charge in [-0.1, -0.05) is 11.6 Å². The maximum absolute atomic E-state index is 12.7. The van der Waals surface area contributed by atoms with E-state index in [1.807, 2.05) is 25.5 Å². The Hall–Kier alpha value is -1.96. The lowest BCUT2D eigenvalue weighted by molar-refractivity contribution is -0.125. The zero-order valence-electron chi connectivity index (χ0n) is 14.9. The van der Waals surface area contributed by atoms with Crippen LogP contribution in [0.3, 0.4) is 0 Å². The molecule has 0 spiro atoms. The molecule has 1 aromatic heterocycles. The molecule has 0 radical (unpaired) electrons. The molecular formula is C18H22Cl2N4O3. The maximum Gasteiger partial charge on any atom is 0.225 e. The van der Waals surface area contributed by atoms with Crippen molar-refractivity contribution in [2.24, 2.45) is 13.0 Å². The van der Waals surface area contributed by atoms with E-state index in [0.29, 0.717) is 42.8 Å². The van der Waals surface area contributed by atoms with Gasteiger partial charge in [-0.3, -0.25) is 9.48 Å². The van der Waals surface area contributed by atoms with E-state index in [0.717, 1.165) is 17.7 Å². The number of carbonyl (C=O) groups excluding carboxylic acids is 1. The summed E-state index contributed by atoms with van der Waals surface area (Å²) in [7, 11) is 1.88. The molecule has 0 bridgehead atoms. The van der Waals surface area contributed by atoms with Gasteiger partial charge in [0, 0.05) is 38.8 Å². The molecule has 2 aliphatic rings. The van der Waals surface area contributed by atoms with Crippen molar-refractivity contribution in [3.8, 4) is 11.5 Å². The number of hydrogen-bond donors (Lipinski definition) is 2. The van der Waals surface area contributed by atoms with Gasteiger partial charge in [-0.15, -0.1) is 12.4 Å². The Morgan fingerprint density at radius 1 is 1.37 bits per heavy atom. The molecule has 2 aromatic rings. The largest absolute Gasteiger partial charge is 0.486 e. The molecule has 1 saturated heterocycles. The van der Waals surface area contributed by atoms with Crippen LogP contribution in [-0.2, 0) is 18.4 Å². The highest BCUT2D eigenvalue weighted by Gasteiger charge is 2.34. The number of ether oxygens (including phenoxy) is 2. The Morgan fingerprint density at radius 2 is 2.19 bits per heavy atom. The maximum atomic E-state index is 12.7. The van der Waals surface area contributed by atoms with Crippen LogP contribution in [0.25, 0.3) is 0 Å². The highest BCUT2D eigenvalue weighted by molar-refractivity contribution is 6.32. The molecule has 1 fully saturated rings. The number of aryl methyl sites for hydroxylation is 1. The van der Waals surface area contributed by atoms with Crippen molar-refractivity contribution in [3.05, 3.63) is 40.7 Å². The van der Waals surface area contributed by atoms with Gasteiger partial charge in [0.05, 0.1) is 17.1 Å². The number of benzene rings is 1. The van der Waals surface area contributed by atoms with Crippen LogP contribution in [0.4, 0.5) is 0 Å². The van der Waals surface area contributed by atoms with E-state index in [1.165, 1.54) is 0 Å². The number of aromatic nitrogens is 2. The van der Waals surface area contributed by atoms with Crippen LogP contribution in [0.1, 0.15) is 17.0 Å². The molecule has 1 aromatic carbocycles. The van der Waals surface area contributed by atoms with Crippen molar-refractivity contribution in [3.63, 3.8) is 0 Å². The summed E-state index contributed by atoms with van der Waals surface area (Å²) < 4.78 is 12.9. The molecule has 0 saturated carbocycles. The summed E-state index contributed by atoms with van der Waals surface area (Å²) in [6.45, 7) is 2.82. The Labute approximate surface area is 168 Å². The Morgan fingerprint density at radius 3 is 2.96 bits per heavy atom. The van der Waals surface area contributed by atoms with Crippen LogP contribution >= 0.6 is 24.0 Å². The second kappa shape index (κ2) is 8.37. The standard InChI is InChI=1S/C18H21ClN4O3.ClH/c1-23-10-12(7-22-23)13-8-20-9-14(13)18(24)21-6-11-4-15(19)17-16(5-11)25-2-3-26-17;/h4-5,7,10,13-14,20H,2-3,6,8-9H2,1H3,(H,21,24);1H/t13-,14+;/m1./s1. The highest BCUT2D eigenvalue weighted by Crippen LogP contribution is 2.38. The molecule has 7 nitrogen and oxygen atoms in total. The fourth-order valence-corrected chi connectivity index (χ4v) is 3.81. The van der Waals surface area contributed by atoms with Gasteiger partial charge >= 0.3 is 0 Å². The molecule has 4 rings (SSSR count). The van der Waals surface area contributed by atoms with Crippen molar-refractivity contribution in [2.45, 2.75) is 12.5 Å². The summed E-state index contributed by atoms with van der Waals surface area (Å²) in [5.41, 5.74) is 1.97. The van der Waals surface area contributed by atoms with Crippen LogP contribution in [0.2, 0.25) is 5.02 Å². The molecule has 146 valence electrons. The van der Waals surface area contributed by atoms with E-state index in [4.69, 9.17) is 21.1 Å². The molecule has 2 atom stereocenters. The molecule has 2 aliphatic heterocycles. The minimum Gasteiger partial charge on any atom is -0.486 e. The zero-order chi connectivity index (χ0) is 18.1. The number of carbonyl (C=O) groups is 1. The highest BCUT2D eigenvalue weighted by atomic mass is 35.5. The van der Waals surface area contributed by atoms with Crippen LogP contribution in [0, 0.1) is 5.92 Å². The van der Waals surface area contributed by atoms with E-state index < -0.39 is 0 Å². The Balaban J connectivity index is 0.00000210. The predicted octanol–water partition coefficient (Wildman–Crippen LogP) is 1.89. The lowest BCUT2D eigenvalue weighted by Crippen LogP contribution is -2.34. The fourth-order valence-electron chi connectivity index (χ4n) is 3.52. The lowest BCUT2D eigenvalue weighted by atomic mass is 9.90. The lowest BCUT2D eigenvalue weighted by Gasteiger charge is -2.21. The number of hydrogen-bond acceptors (Lipinski definition) is 5. The van der Waals surface area contributed by atoms with E-state index in [-0.39, 0.29) is 30.2 Å². The van der Waals surface area contributed by atoms with Gasteiger partial charge in [0.1, 0.15) is 13.2 Å². The van der Waals surface area contributed by atoms with Crippen molar-refractivity contribution >= 4 is 29.9 Å². The average Bonchev–Trinajstić information content (AvgIpc) is 3.28. The second-order valence-electron chi connectivity index (χ2n) is 6.64. The quantitative estimate of drug-likeness (QED) is 0.801. The summed E-state index contributed by atoms with van der Waals surface area (Å²) in [5.74, 6) is 1.24. The topological polar surface area (TPSA) is 77.4 Å². The SMILES string of the molecule is Cl.Cn1cc([C@H]2CNC[C@@H]2C(=O)NCc2cc(Cl)c3c(c2)OCCO3)cn1. The number of nitrogens with one attached hydrogen (secondary N) is 2. The van der Waals surface area contributed by atoms with Gasteiger partial charge < -0.3 is 20.1 Å². The van der Waals surface area contributed by atoms with Gasteiger partial charge in [-0.25, -0.2) is 0 Å². The van der Waals surface area contributed by atoms with Gasteiger partial charge in [0.15, 0.2) is 11.5 Å². The summed E-state index contributed by atoms with van der Waals surface area (Å²) in [6, 6.07) is 3.67. The van der Waals surface area contributed by atoms with Gasteiger partial charge in [-0.2, -0.15) is 5.10 Å². The Bertz CT molecular complexity index is 827. The third-order valence-electron chi connectivity index (χ3n) is 4.83. The summed E-state index contributed by atoms with van der Waals surface area (Å²) in [4.78, 5) is 12.7. The number of rotatable bonds is 4. The normalized spacial score (nSPS) is 20.8. The second-order valence-corrected chi connectivity index (χ2v) is 7.05. The number of fused-ring (bicyclic) bond motifs is 1. The molecule has 0 aliphatic carbocycles. The van der Waals surface area contributed by atoms with Crippen molar-refractivity contribution in [1.82, 2.24) is 20.4 Å². The summed E-state index contributed by atoms with van der Waals surface area (Å²) >= 11 is 6.26. The first kappa shape index (κ1) is 19.8. The third-order valence-corrected chi connectivity index (χ3v) is 5.11. The van der Waals surface area contributed by atoms with Gasteiger partial charge in [0.2, 0.25) is 5.91 Å². The number of nitrogens with zero attached hydrogens (tertiary/aromatic N) is 2. The average molecular weight is 413 g/mol. The third kappa shape index (κ3) is 4.15. The molecule has 27 heavy (non-hydrogen) atoms. The minimum absolute atomic E-state index is 0. The van der Waals surface area contributed by atoms with Crippen LogP contribution in [-0.4, -0.2) is 42.0 Å². The first-order valence-corrected chi connectivity index (χ1v) is 9.04. The van der Waals surface area contributed by atoms with E-state index in [9.17, 15) is 4.79 Å². The molecular weight excluding hydrogens is 391 g/mol. The van der Waals surface area contributed by atoms with E-state index >= 15 is 0 Å². The number of halogens is 2. The Kier molecular flexibility index (Phi) is 6.14. The number of amides is 1. The first-order valence-electron chi connectivity index (χ1n) is 8.67. The van der Waals surface area contributed by atoms with Crippen LogP contribution in [0.5, 0.6) is 11.5 Å². The smallest absolute Gasteiger partial charge is 0.225 e. The molecule has 0 unspecified atom stereocenters. The molecule has 9 heteroatoms. The molecule has 3 heterocycles. The fraction of sp³-hybridized carbons (Fsp3) is 0.444. The van der Waals surface area contributed by atoms with Gasteiger partial charge in [0.25, 0.3) is 0 Å². The zero-order valence-corrected chi connectivity index (χ0v) is 16.5. The van der Waals surface area contributed by atoms with Crippen molar-refractivity contribution in [2.75, 3.05) is 26.3 Å².